The molecule has 0 fully saturated rings. The molecule has 2 aromatic carbocycles. The first kappa shape index (κ1) is 47.0. The van der Waals surface area contributed by atoms with Gasteiger partial charge in [0, 0.05) is 22.7 Å². The minimum absolute atomic E-state index is 0. The number of allylic oxidation sites excluding steroid dienone is 2. The van der Waals surface area contributed by atoms with Crippen molar-refractivity contribution in [2.45, 2.75) is 207 Å². The maximum atomic E-state index is 5.21. The molecule has 0 saturated heterocycles. The molecule has 2 nitrogen and oxygen atoms in total. The summed E-state index contributed by atoms with van der Waals surface area (Å²) >= 11 is 0. The normalized spacial score (nSPS) is 12.0. The summed E-state index contributed by atoms with van der Waals surface area (Å²) in [6.07, 6.45) is 43.4. The molecule has 2 rings (SSSR count). The molecule has 0 aliphatic carbocycles. The van der Waals surface area contributed by atoms with E-state index in [1.54, 1.807) is 0 Å². The molecular weight excluding hydrogens is 663 g/mol. The Morgan fingerprint density at radius 1 is 0.510 bits per heavy atom. The van der Waals surface area contributed by atoms with Gasteiger partial charge in [0.15, 0.2) is 0 Å². The van der Waals surface area contributed by atoms with Crippen molar-refractivity contribution in [3.05, 3.63) is 71.3 Å². The number of para-hydroxylation sites is 1. The SMILES string of the molecule is CCCCCCCCCCCCCCCCC/C=C/CCCc1ccccc1N=C(C=Nc1cc(CCCC)cc(CCCC)c1)CCCC.[Ni]. The maximum absolute atomic E-state index is 5.21. The third kappa shape index (κ3) is 24.8. The van der Waals surface area contributed by atoms with Gasteiger partial charge < -0.3 is 0 Å². The van der Waals surface area contributed by atoms with Gasteiger partial charge in [0.05, 0.1) is 17.1 Å². The van der Waals surface area contributed by atoms with E-state index >= 15 is 0 Å². The van der Waals surface area contributed by atoms with Gasteiger partial charge in [-0.05, 0) is 106 Å². The molecule has 0 aliphatic heterocycles. The fraction of sp³-hybridized carbons (Fsp3) is 0.667. The Morgan fingerprint density at radius 3 is 1.55 bits per heavy atom. The fourth-order valence-corrected chi connectivity index (χ4v) is 6.79. The number of rotatable bonds is 32. The largest absolute Gasteiger partial charge is 0.255 e. The number of benzene rings is 2. The topological polar surface area (TPSA) is 24.7 Å². The minimum atomic E-state index is 0. The molecule has 0 unspecified atom stereocenters. The Morgan fingerprint density at radius 2 is 1.00 bits per heavy atom. The van der Waals surface area contributed by atoms with Crippen molar-refractivity contribution in [3.8, 4) is 0 Å². The standard InChI is InChI=1S/C48H78N2.Ni/c1-5-9-13-14-15-16-17-18-19-20-21-22-23-24-25-26-27-28-29-30-35-45-36-31-32-38-48(45)50-46(37-12-8-4)42-49-47-40-43(33-10-6-2)39-44(41-47)34-11-7-3;/h27-28,31-32,36,38-42H,5-26,29-30,33-35,37H2,1-4H3;/b28-27+,49-42?,50-46?;. The molecule has 0 saturated carbocycles. The van der Waals surface area contributed by atoms with Crippen LogP contribution in [0.4, 0.5) is 11.4 Å². The Bertz CT molecular complexity index is 1150. The predicted molar refractivity (Wildman–Crippen MR) is 227 cm³/mol. The second-order valence-electron chi connectivity index (χ2n) is 14.9. The van der Waals surface area contributed by atoms with Gasteiger partial charge in [-0.2, -0.15) is 0 Å². The number of aliphatic imine (C=N–C) groups is 2. The molecule has 51 heavy (non-hydrogen) atoms. The summed E-state index contributed by atoms with van der Waals surface area (Å²) in [7, 11) is 0. The van der Waals surface area contributed by atoms with Crippen LogP contribution in [0.5, 0.6) is 0 Å². The van der Waals surface area contributed by atoms with Crippen molar-refractivity contribution in [2.24, 2.45) is 9.98 Å². The van der Waals surface area contributed by atoms with Gasteiger partial charge in [0.2, 0.25) is 0 Å². The third-order valence-electron chi connectivity index (χ3n) is 10.0. The molecule has 3 heteroatoms. The van der Waals surface area contributed by atoms with Crippen LogP contribution in [0.15, 0.2) is 64.6 Å². The van der Waals surface area contributed by atoms with E-state index in [-0.39, 0.29) is 16.5 Å². The van der Waals surface area contributed by atoms with Crippen LogP contribution < -0.4 is 0 Å². The van der Waals surface area contributed by atoms with Gasteiger partial charge in [-0.1, -0.05) is 173 Å². The second-order valence-corrected chi connectivity index (χ2v) is 14.9. The zero-order chi connectivity index (χ0) is 35.7. The zero-order valence-corrected chi connectivity index (χ0v) is 34.8. The first-order valence-corrected chi connectivity index (χ1v) is 21.7. The molecule has 0 atom stereocenters. The summed E-state index contributed by atoms with van der Waals surface area (Å²) < 4.78 is 0. The van der Waals surface area contributed by atoms with E-state index in [0.29, 0.717) is 0 Å². The van der Waals surface area contributed by atoms with Crippen molar-refractivity contribution in [1.29, 1.82) is 0 Å². The molecule has 290 valence electrons. The van der Waals surface area contributed by atoms with E-state index in [4.69, 9.17) is 9.98 Å². The summed E-state index contributed by atoms with van der Waals surface area (Å²) in [6, 6.07) is 15.7. The molecule has 0 radical (unpaired) electrons. The summed E-state index contributed by atoms with van der Waals surface area (Å²) in [6.45, 7) is 9.10. The quantitative estimate of drug-likeness (QED) is 0.0309. The van der Waals surface area contributed by atoms with Crippen LogP contribution in [-0.4, -0.2) is 11.9 Å². The van der Waals surface area contributed by atoms with E-state index in [1.165, 1.54) is 152 Å². The van der Waals surface area contributed by atoms with Crippen LogP contribution in [-0.2, 0) is 35.8 Å². The average Bonchev–Trinajstić information content (AvgIpc) is 3.13. The van der Waals surface area contributed by atoms with Crippen molar-refractivity contribution < 1.29 is 16.5 Å². The monoisotopic (exact) mass is 741 g/mol. The third-order valence-corrected chi connectivity index (χ3v) is 10.0. The molecule has 0 bridgehead atoms. The van der Waals surface area contributed by atoms with Gasteiger partial charge >= 0.3 is 0 Å². The molecule has 2 aromatic rings. The maximum Gasteiger partial charge on any atom is 0.0665 e. The fourth-order valence-electron chi connectivity index (χ4n) is 6.79. The van der Waals surface area contributed by atoms with Gasteiger partial charge in [-0.15, -0.1) is 0 Å². The zero-order valence-electron chi connectivity index (χ0n) is 33.8. The molecule has 0 aliphatic rings. The van der Waals surface area contributed by atoms with Crippen LogP contribution in [0.25, 0.3) is 0 Å². The van der Waals surface area contributed by atoms with E-state index in [2.05, 4.69) is 88.5 Å². The number of hydrogen-bond donors (Lipinski definition) is 0. The number of aryl methyl sites for hydroxylation is 3. The first-order valence-electron chi connectivity index (χ1n) is 21.7. The molecule has 0 amide bonds. The second kappa shape index (κ2) is 33.8. The molecule has 0 spiro atoms. The van der Waals surface area contributed by atoms with Crippen LogP contribution in [0, 0.1) is 0 Å². The van der Waals surface area contributed by atoms with E-state index < -0.39 is 0 Å². The van der Waals surface area contributed by atoms with E-state index in [9.17, 15) is 0 Å². The van der Waals surface area contributed by atoms with Gasteiger partial charge in [0.1, 0.15) is 0 Å². The van der Waals surface area contributed by atoms with Crippen molar-refractivity contribution >= 4 is 23.3 Å². The summed E-state index contributed by atoms with van der Waals surface area (Å²) in [5.74, 6) is 0. The average molecular weight is 742 g/mol. The van der Waals surface area contributed by atoms with Crippen LogP contribution in [0.1, 0.15) is 205 Å². The molecule has 0 heterocycles. The smallest absolute Gasteiger partial charge is 0.0665 e. The predicted octanol–water partition coefficient (Wildman–Crippen LogP) is 16.2. The molecular formula is C48H78N2Ni. The Kier molecular flexibility index (Phi) is 31.2. The number of nitrogens with zero attached hydrogens (tertiary/aromatic N) is 2. The first-order chi connectivity index (χ1) is 24.7. The summed E-state index contributed by atoms with van der Waals surface area (Å²) in [4.78, 5) is 10.2. The summed E-state index contributed by atoms with van der Waals surface area (Å²) in [5, 5.41) is 0. The summed E-state index contributed by atoms with van der Waals surface area (Å²) in [5.41, 5.74) is 7.50. The van der Waals surface area contributed by atoms with Crippen LogP contribution in [0.2, 0.25) is 0 Å². The Labute approximate surface area is 327 Å². The van der Waals surface area contributed by atoms with Crippen molar-refractivity contribution in [1.82, 2.24) is 0 Å². The van der Waals surface area contributed by atoms with Crippen molar-refractivity contribution in [2.75, 3.05) is 0 Å². The molecule has 0 aromatic heterocycles. The van der Waals surface area contributed by atoms with Crippen LogP contribution >= 0.6 is 0 Å². The number of hydrogen-bond acceptors (Lipinski definition) is 2. The minimum Gasteiger partial charge on any atom is -0.255 e. The van der Waals surface area contributed by atoms with Crippen molar-refractivity contribution in [3.63, 3.8) is 0 Å². The molecule has 0 N–H and O–H groups in total. The van der Waals surface area contributed by atoms with E-state index in [0.717, 1.165) is 62.0 Å². The Balaban J connectivity index is 0.0000130. The van der Waals surface area contributed by atoms with Crippen LogP contribution in [0.3, 0.4) is 0 Å². The van der Waals surface area contributed by atoms with E-state index in [1.807, 2.05) is 0 Å². The van der Waals surface area contributed by atoms with Gasteiger partial charge in [-0.25, -0.2) is 0 Å². The van der Waals surface area contributed by atoms with Gasteiger partial charge in [-0.3, -0.25) is 9.98 Å². The van der Waals surface area contributed by atoms with Gasteiger partial charge in [0.25, 0.3) is 0 Å². The number of unbranched alkanes of at least 4 members (excludes halogenated alkanes) is 19. The Hall–Kier alpha value is -1.99.